The Labute approximate surface area is 68.2 Å². The maximum absolute atomic E-state index is 2.38. The van der Waals surface area contributed by atoms with Gasteiger partial charge in [-0.25, -0.2) is 0 Å². The summed E-state index contributed by atoms with van der Waals surface area (Å²) in [6, 6.07) is 6.04. The largest absolute Gasteiger partial charge is 0.0652 e. The molecule has 0 aliphatic rings. The van der Waals surface area contributed by atoms with Crippen molar-refractivity contribution in [2.24, 2.45) is 0 Å². The van der Waals surface area contributed by atoms with E-state index in [2.05, 4.69) is 27.7 Å². The second-order valence-corrected chi connectivity index (χ2v) is 12.1. The predicted molar refractivity (Wildman–Crippen MR) is 53.4 cm³/mol. The van der Waals surface area contributed by atoms with Crippen molar-refractivity contribution in [3.05, 3.63) is 0 Å². The third-order valence-electron chi connectivity index (χ3n) is 2.21. The zero-order chi connectivity index (χ0) is 7.98. The second-order valence-electron chi connectivity index (χ2n) is 2.62. The van der Waals surface area contributed by atoms with E-state index in [0.717, 1.165) is 0 Å². The van der Waals surface area contributed by atoms with Crippen molar-refractivity contribution >= 4 is 15.8 Å². The third-order valence-corrected chi connectivity index (χ3v) is 13.9. The molecule has 0 aromatic rings. The fourth-order valence-corrected chi connectivity index (χ4v) is 10.5. The quantitative estimate of drug-likeness (QED) is 0.572. The van der Waals surface area contributed by atoms with Crippen LogP contribution in [0, 0.1) is 0 Å². The molecular formula is C8H20Si2. The van der Waals surface area contributed by atoms with Crippen LogP contribution in [-0.4, -0.2) is 15.8 Å². The lowest BCUT2D eigenvalue weighted by Gasteiger charge is -2.05. The summed E-state index contributed by atoms with van der Waals surface area (Å²) in [5.74, 6) is 0. The van der Waals surface area contributed by atoms with Gasteiger partial charge in [-0.3, -0.25) is 0 Å². The highest BCUT2D eigenvalue weighted by atomic mass is 28.9. The zero-order valence-corrected chi connectivity index (χ0v) is 9.83. The molecule has 0 amide bonds. The van der Waals surface area contributed by atoms with Crippen LogP contribution in [0.2, 0.25) is 24.2 Å². The molecule has 0 rings (SSSR count). The van der Waals surface area contributed by atoms with Gasteiger partial charge in [-0.05, 0) is 15.8 Å². The average Bonchev–Trinajstić information content (AvgIpc) is 2.00. The fraction of sp³-hybridized carbons (Fsp3) is 1.00. The average molecular weight is 172 g/mol. The summed E-state index contributed by atoms with van der Waals surface area (Å²) in [5.41, 5.74) is 0. The first-order valence-electron chi connectivity index (χ1n) is 4.49. The lowest BCUT2D eigenvalue weighted by atomic mass is 10.9. The maximum Gasteiger partial charge on any atom is -0.0126 e. The van der Waals surface area contributed by atoms with Crippen molar-refractivity contribution in [2.45, 2.75) is 51.9 Å². The summed E-state index contributed by atoms with van der Waals surface area (Å²) in [6.45, 7) is 9.53. The molecule has 0 saturated carbocycles. The molecule has 2 heteroatoms. The minimum atomic E-state index is 0.138. The Morgan fingerprint density at radius 2 is 0.800 bits per heavy atom. The van der Waals surface area contributed by atoms with Gasteiger partial charge >= 0.3 is 0 Å². The molecule has 0 radical (unpaired) electrons. The van der Waals surface area contributed by atoms with E-state index in [1.54, 1.807) is 0 Å². The van der Waals surface area contributed by atoms with E-state index in [0.29, 0.717) is 0 Å². The van der Waals surface area contributed by atoms with Gasteiger partial charge in [0.25, 0.3) is 0 Å². The van der Waals surface area contributed by atoms with E-state index in [-0.39, 0.29) is 15.8 Å². The zero-order valence-electron chi connectivity index (χ0n) is 7.83. The molecule has 0 saturated heterocycles. The van der Waals surface area contributed by atoms with Crippen molar-refractivity contribution in [3.8, 4) is 0 Å². The Morgan fingerprint density at radius 1 is 0.600 bits per heavy atom. The highest BCUT2D eigenvalue weighted by Crippen LogP contribution is 1.98. The van der Waals surface area contributed by atoms with Crippen molar-refractivity contribution in [1.82, 2.24) is 0 Å². The van der Waals surface area contributed by atoms with E-state index in [4.69, 9.17) is 0 Å². The molecule has 0 heterocycles. The standard InChI is InChI=1S/C8H20Si2/c1-5-9(6-2)10(7-3)8-4/h5-8H2,1-4H3. The van der Waals surface area contributed by atoms with Crippen LogP contribution in [0.3, 0.4) is 0 Å². The van der Waals surface area contributed by atoms with Crippen LogP contribution in [0.5, 0.6) is 0 Å². The molecule has 10 heavy (non-hydrogen) atoms. The topological polar surface area (TPSA) is 0 Å². The van der Waals surface area contributed by atoms with E-state index in [1.807, 2.05) is 0 Å². The van der Waals surface area contributed by atoms with Crippen LogP contribution in [0.25, 0.3) is 0 Å². The van der Waals surface area contributed by atoms with Gasteiger partial charge in [-0.1, -0.05) is 51.9 Å². The van der Waals surface area contributed by atoms with Crippen LogP contribution < -0.4 is 0 Å². The first-order chi connectivity index (χ1) is 4.79. The molecule has 60 valence electrons. The normalized spacial score (nSPS) is 9.60. The van der Waals surface area contributed by atoms with Crippen LogP contribution in [-0.2, 0) is 0 Å². The highest BCUT2D eigenvalue weighted by molar-refractivity contribution is 6.96. The monoisotopic (exact) mass is 172 g/mol. The molecule has 0 fully saturated rings. The van der Waals surface area contributed by atoms with Crippen LogP contribution >= 0.6 is 0 Å². The van der Waals surface area contributed by atoms with E-state index >= 15 is 0 Å². The molecule has 0 nitrogen and oxygen atoms in total. The Bertz CT molecular complexity index is 90.4. The molecule has 0 bridgehead atoms. The summed E-state index contributed by atoms with van der Waals surface area (Å²) in [6.07, 6.45) is 0. The van der Waals surface area contributed by atoms with E-state index in [1.165, 1.54) is 24.2 Å². The van der Waals surface area contributed by atoms with Crippen LogP contribution in [0.4, 0.5) is 0 Å². The smallest absolute Gasteiger partial charge is 0.0126 e. The van der Waals surface area contributed by atoms with Gasteiger partial charge in [-0.2, -0.15) is 0 Å². The lowest BCUT2D eigenvalue weighted by Crippen LogP contribution is -2.13. The van der Waals surface area contributed by atoms with Crippen molar-refractivity contribution in [2.75, 3.05) is 0 Å². The SMILES string of the molecule is CC[Si](CC)=[Si](CC)CC. The molecule has 0 spiro atoms. The van der Waals surface area contributed by atoms with Crippen molar-refractivity contribution in [1.29, 1.82) is 0 Å². The van der Waals surface area contributed by atoms with Crippen molar-refractivity contribution < 1.29 is 0 Å². The predicted octanol–water partition coefficient (Wildman–Crippen LogP) is 3.13. The van der Waals surface area contributed by atoms with E-state index in [9.17, 15) is 0 Å². The third kappa shape index (κ3) is 3.01. The minimum absolute atomic E-state index is 0.138. The molecular weight excluding hydrogens is 152 g/mol. The summed E-state index contributed by atoms with van der Waals surface area (Å²) in [5, 5.41) is 0. The summed E-state index contributed by atoms with van der Waals surface area (Å²) in [4.78, 5) is 0. The summed E-state index contributed by atoms with van der Waals surface area (Å²) >= 11 is 0. The number of hydrogen-bond donors (Lipinski definition) is 0. The highest BCUT2D eigenvalue weighted by Gasteiger charge is 1.99. The first-order valence-corrected chi connectivity index (χ1v) is 9.32. The maximum atomic E-state index is 2.38. The summed E-state index contributed by atoms with van der Waals surface area (Å²) in [7, 11) is 0.277. The fourth-order valence-electron chi connectivity index (χ4n) is 1.50. The van der Waals surface area contributed by atoms with Crippen LogP contribution in [0.15, 0.2) is 0 Å². The molecule has 0 aromatic heterocycles. The Balaban J connectivity index is 4.20. The second kappa shape index (κ2) is 6.16. The molecule has 0 unspecified atom stereocenters. The van der Waals surface area contributed by atoms with Crippen molar-refractivity contribution in [3.63, 3.8) is 0 Å². The van der Waals surface area contributed by atoms with E-state index < -0.39 is 0 Å². The van der Waals surface area contributed by atoms with Gasteiger partial charge in [0.15, 0.2) is 0 Å². The van der Waals surface area contributed by atoms with Gasteiger partial charge < -0.3 is 0 Å². The first kappa shape index (κ1) is 10.4. The van der Waals surface area contributed by atoms with Gasteiger partial charge in [0.2, 0.25) is 0 Å². The lowest BCUT2D eigenvalue weighted by molar-refractivity contribution is 1.32. The van der Waals surface area contributed by atoms with Gasteiger partial charge in [-0.15, -0.1) is 0 Å². The summed E-state index contributed by atoms with van der Waals surface area (Å²) < 4.78 is 0. The molecule has 0 aliphatic heterocycles. The van der Waals surface area contributed by atoms with Gasteiger partial charge in [0, 0.05) is 0 Å². The van der Waals surface area contributed by atoms with Gasteiger partial charge in [0.05, 0.1) is 0 Å². The Hall–Kier alpha value is 0.434. The van der Waals surface area contributed by atoms with Gasteiger partial charge in [0.1, 0.15) is 0 Å². The molecule has 0 N–H and O–H groups in total. The molecule has 0 aromatic carbocycles. The number of hydrogen-bond acceptors (Lipinski definition) is 0. The van der Waals surface area contributed by atoms with Crippen LogP contribution in [0.1, 0.15) is 27.7 Å². The Morgan fingerprint density at radius 3 is 0.900 bits per heavy atom. The molecule has 0 aliphatic carbocycles. The number of rotatable bonds is 4. The Kier molecular flexibility index (Phi) is 6.43. The molecule has 0 atom stereocenters. The minimum Gasteiger partial charge on any atom is -0.0652 e.